The summed E-state index contributed by atoms with van der Waals surface area (Å²) in [5.41, 5.74) is -0.166. The second-order valence-electron chi connectivity index (χ2n) is 4.72. The average molecular weight is 266 g/mol. The van der Waals surface area contributed by atoms with E-state index in [9.17, 15) is 14.4 Å². The molecule has 0 unspecified atom stereocenters. The average Bonchev–Trinajstić information content (AvgIpc) is 2.83. The minimum atomic E-state index is -0.400. The number of likely N-dealkylation sites (N-methyl/N-ethyl adjacent to an activating group) is 1. The fraction of sp³-hybridized carbons (Fsp3) is 0.583. The molecule has 1 aliphatic heterocycles. The van der Waals surface area contributed by atoms with E-state index in [4.69, 9.17) is 0 Å². The lowest BCUT2D eigenvalue weighted by molar-refractivity contribution is -0.133. The molecule has 2 N–H and O–H groups in total. The molecule has 7 nitrogen and oxygen atoms in total. The zero-order chi connectivity index (χ0) is 13.8. The summed E-state index contributed by atoms with van der Waals surface area (Å²) in [5, 5.41) is 0. The maximum atomic E-state index is 11.9. The van der Waals surface area contributed by atoms with Crippen molar-refractivity contribution in [1.29, 1.82) is 0 Å². The number of H-pyrrole nitrogens is 2. The molecule has 2 rings (SSSR count). The molecule has 0 bridgehead atoms. The summed E-state index contributed by atoms with van der Waals surface area (Å²) in [6, 6.07) is 0. The third kappa shape index (κ3) is 3.24. The van der Waals surface area contributed by atoms with Crippen molar-refractivity contribution in [2.24, 2.45) is 0 Å². The first-order valence-electron chi connectivity index (χ1n) is 6.39. The molecule has 19 heavy (non-hydrogen) atoms. The van der Waals surface area contributed by atoms with Gasteiger partial charge in [0.05, 0.1) is 0 Å². The van der Waals surface area contributed by atoms with Crippen LogP contribution in [-0.2, 0) is 4.79 Å². The van der Waals surface area contributed by atoms with Gasteiger partial charge in [-0.15, -0.1) is 0 Å². The normalized spacial score (nSPS) is 15.6. The van der Waals surface area contributed by atoms with Gasteiger partial charge in [-0.2, -0.15) is 0 Å². The first kappa shape index (κ1) is 13.4. The minimum Gasteiger partial charge on any atom is -0.341 e. The fourth-order valence-corrected chi connectivity index (χ4v) is 2.12. The summed E-state index contributed by atoms with van der Waals surface area (Å²) in [7, 11) is 1.65. The number of nitrogens with zero attached hydrogens (tertiary/aromatic N) is 2. The number of aromatic amines is 2. The molecule has 1 saturated heterocycles. The van der Waals surface area contributed by atoms with Crippen LogP contribution in [0.4, 0.5) is 0 Å². The second-order valence-corrected chi connectivity index (χ2v) is 4.72. The SMILES string of the molecule is CN(CCN1CCCCC1=O)C(=O)c1c[nH]c(=O)[nH]1. The number of rotatable bonds is 4. The number of hydrogen-bond acceptors (Lipinski definition) is 3. The summed E-state index contributed by atoms with van der Waals surface area (Å²) < 4.78 is 0. The van der Waals surface area contributed by atoms with E-state index in [0.29, 0.717) is 19.5 Å². The Bertz CT molecular complexity index is 519. The molecule has 1 aromatic rings. The van der Waals surface area contributed by atoms with Crippen molar-refractivity contribution in [3.63, 3.8) is 0 Å². The predicted molar refractivity (Wildman–Crippen MR) is 68.8 cm³/mol. The van der Waals surface area contributed by atoms with Crippen LogP contribution in [0.3, 0.4) is 0 Å². The zero-order valence-electron chi connectivity index (χ0n) is 10.9. The van der Waals surface area contributed by atoms with Gasteiger partial charge in [0, 0.05) is 39.3 Å². The molecule has 104 valence electrons. The number of hydrogen-bond donors (Lipinski definition) is 2. The van der Waals surface area contributed by atoms with Gasteiger partial charge in [0.2, 0.25) is 5.91 Å². The van der Waals surface area contributed by atoms with Crippen molar-refractivity contribution in [2.75, 3.05) is 26.7 Å². The van der Waals surface area contributed by atoms with Gasteiger partial charge in [-0.3, -0.25) is 9.59 Å². The highest BCUT2D eigenvalue weighted by molar-refractivity contribution is 5.91. The maximum Gasteiger partial charge on any atom is 0.323 e. The van der Waals surface area contributed by atoms with E-state index in [-0.39, 0.29) is 17.5 Å². The molecular weight excluding hydrogens is 248 g/mol. The maximum absolute atomic E-state index is 11.9. The van der Waals surface area contributed by atoms with Gasteiger partial charge < -0.3 is 19.8 Å². The van der Waals surface area contributed by atoms with Crippen molar-refractivity contribution >= 4 is 11.8 Å². The molecule has 0 aromatic carbocycles. The van der Waals surface area contributed by atoms with Gasteiger partial charge in [-0.1, -0.05) is 0 Å². The van der Waals surface area contributed by atoms with Crippen LogP contribution in [0.25, 0.3) is 0 Å². The molecule has 0 saturated carbocycles. The first-order chi connectivity index (χ1) is 9.08. The first-order valence-corrected chi connectivity index (χ1v) is 6.39. The Hall–Kier alpha value is -2.05. The Morgan fingerprint density at radius 2 is 2.21 bits per heavy atom. The standard InChI is InChI=1S/C12H18N4O3/c1-15(11(18)9-8-13-12(19)14-9)6-7-16-5-3-2-4-10(16)17/h8H,2-7H2,1H3,(H2,13,14,19). The smallest absolute Gasteiger partial charge is 0.323 e. The zero-order valence-corrected chi connectivity index (χ0v) is 10.9. The molecule has 1 aliphatic rings. The molecule has 0 spiro atoms. The number of likely N-dealkylation sites (tertiary alicyclic amines) is 1. The van der Waals surface area contributed by atoms with E-state index in [2.05, 4.69) is 9.97 Å². The number of aromatic nitrogens is 2. The van der Waals surface area contributed by atoms with E-state index in [1.54, 1.807) is 11.9 Å². The van der Waals surface area contributed by atoms with Crippen LogP contribution in [0.5, 0.6) is 0 Å². The number of carbonyl (C=O) groups is 2. The summed E-state index contributed by atoms with van der Waals surface area (Å²) in [6.07, 6.45) is 3.93. The Balaban J connectivity index is 1.87. The second kappa shape index (κ2) is 5.73. The van der Waals surface area contributed by atoms with Crippen LogP contribution < -0.4 is 5.69 Å². The molecule has 7 heteroatoms. The Labute approximate surface area is 110 Å². The molecule has 2 heterocycles. The van der Waals surface area contributed by atoms with E-state index in [1.165, 1.54) is 11.1 Å². The fourth-order valence-electron chi connectivity index (χ4n) is 2.12. The highest BCUT2D eigenvalue weighted by Crippen LogP contribution is 2.10. The summed E-state index contributed by atoms with van der Waals surface area (Å²) in [6.45, 7) is 1.76. The van der Waals surface area contributed by atoms with Crippen LogP contribution in [0.2, 0.25) is 0 Å². The van der Waals surface area contributed by atoms with Crippen molar-refractivity contribution in [2.45, 2.75) is 19.3 Å². The Kier molecular flexibility index (Phi) is 4.03. The highest BCUT2D eigenvalue weighted by Gasteiger charge is 2.19. The van der Waals surface area contributed by atoms with Gasteiger partial charge in [0.25, 0.3) is 5.91 Å². The van der Waals surface area contributed by atoms with Gasteiger partial charge in [0.1, 0.15) is 5.69 Å². The minimum absolute atomic E-state index is 0.155. The van der Waals surface area contributed by atoms with Crippen molar-refractivity contribution in [1.82, 2.24) is 19.8 Å². The van der Waals surface area contributed by atoms with Crippen molar-refractivity contribution in [3.05, 3.63) is 22.4 Å². The topological polar surface area (TPSA) is 89.3 Å². The molecule has 2 amide bonds. The van der Waals surface area contributed by atoms with Crippen LogP contribution in [0.15, 0.2) is 11.0 Å². The molecule has 0 aliphatic carbocycles. The van der Waals surface area contributed by atoms with E-state index in [0.717, 1.165) is 19.4 Å². The monoisotopic (exact) mass is 266 g/mol. The highest BCUT2D eigenvalue weighted by atomic mass is 16.2. The Morgan fingerprint density at radius 3 is 2.84 bits per heavy atom. The Morgan fingerprint density at radius 1 is 1.42 bits per heavy atom. The van der Waals surface area contributed by atoms with Crippen molar-refractivity contribution in [3.8, 4) is 0 Å². The summed E-state index contributed by atoms with van der Waals surface area (Å²) in [5.74, 6) is -0.107. The van der Waals surface area contributed by atoms with E-state index < -0.39 is 5.69 Å². The number of carbonyl (C=O) groups excluding carboxylic acids is 2. The predicted octanol–water partition coefficient (Wildman–Crippen LogP) is -0.213. The molecule has 1 fully saturated rings. The third-order valence-corrected chi connectivity index (χ3v) is 3.30. The van der Waals surface area contributed by atoms with Gasteiger partial charge in [-0.25, -0.2) is 4.79 Å². The quantitative estimate of drug-likeness (QED) is 0.790. The van der Waals surface area contributed by atoms with Crippen LogP contribution in [0, 0.1) is 0 Å². The summed E-state index contributed by atoms with van der Waals surface area (Å²) >= 11 is 0. The van der Waals surface area contributed by atoms with Crippen LogP contribution >= 0.6 is 0 Å². The largest absolute Gasteiger partial charge is 0.341 e. The summed E-state index contributed by atoms with van der Waals surface area (Å²) in [4.78, 5) is 42.6. The molecule has 0 atom stereocenters. The number of piperidine rings is 1. The van der Waals surface area contributed by atoms with Gasteiger partial charge in [-0.05, 0) is 12.8 Å². The number of imidazole rings is 1. The van der Waals surface area contributed by atoms with Gasteiger partial charge in [0.15, 0.2) is 0 Å². The number of nitrogens with one attached hydrogen (secondary N) is 2. The molecular formula is C12H18N4O3. The number of amides is 2. The van der Waals surface area contributed by atoms with E-state index >= 15 is 0 Å². The lowest BCUT2D eigenvalue weighted by atomic mass is 10.1. The van der Waals surface area contributed by atoms with E-state index in [1.807, 2.05) is 0 Å². The molecule has 1 aromatic heterocycles. The molecule has 0 radical (unpaired) electrons. The van der Waals surface area contributed by atoms with Crippen molar-refractivity contribution < 1.29 is 9.59 Å². The van der Waals surface area contributed by atoms with Crippen LogP contribution in [-0.4, -0.2) is 58.3 Å². The van der Waals surface area contributed by atoms with Crippen LogP contribution in [0.1, 0.15) is 29.8 Å². The third-order valence-electron chi connectivity index (χ3n) is 3.30. The lowest BCUT2D eigenvalue weighted by Gasteiger charge is -2.28. The lowest BCUT2D eigenvalue weighted by Crippen LogP contribution is -2.41. The van der Waals surface area contributed by atoms with Gasteiger partial charge >= 0.3 is 5.69 Å².